The number of ether oxygens (including phenoxy) is 1. The molecule has 9 heteroatoms. The first kappa shape index (κ1) is 19.6. The topological polar surface area (TPSA) is 114 Å². The summed E-state index contributed by atoms with van der Waals surface area (Å²) in [4.78, 5) is 15.6. The summed E-state index contributed by atoms with van der Waals surface area (Å²) in [6.45, 7) is 3.55. The quantitative estimate of drug-likeness (QED) is 0.325. The monoisotopic (exact) mass is 407 g/mol. The summed E-state index contributed by atoms with van der Waals surface area (Å²) in [5, 5.41) is 7.10. The summed E-state index contributed by atoms with van der Waals surface area (Å²) in [7, 11) is 0. The Balaban J connectivity index is 1.50. The maximum absolute atomic E-state index is 14.7. The highest BCUT2D eigenvalue weighted by atomic mass is 19.1. The van der Waals surface area contributed by atoms with E-state index in [-0.39, 0.29) is 11.7 Å². The number of nitrogens with one attached hydrogen (secondary N) is 3. The van der Waals surface area contributed by atoms with Crippen LogP contribution in [0.5, 0.6) is 11.5 Å². The third kappa shape index (κ3) is 4.47. The Kier molecular flexibility index (Phi) is 5.71. The summed E-state index contributed by atoms with van der Waals surface area (Å²) in [5.41, 5.74) is 7.76. The Labute approximate surface area is 172 Å². The van der Waals surface area contributed by atoms with Crippen molar-refractivity contribution in [1.82, 2.24) is 25.3 Å². The van der Waals surface area contributed by atoms with Gasteiger partial charge < -0.3 is 26.1 Å². The Hall–Kier alpha value is -3.72. The third-order valence-electron chi connectivity index (χ3n) is 4.37. The van der Waals surface area contributed by atoms with Gasteiger partial charge in [-0.3, -0.25) is 0 Å². The molecule has 0 atom stereocenters. The van der Waals surface area contributed by atoms with E-state index in [4.69, 9.17) is 10.5 Å². The van der Waals surface area contributed by atoms with E-state index in [1.807, 2.05) is 6.07 Å². The Bertz CT molecular complexity index is 1160. The number of hydrogen-bond donors (Lipinski definition) is 4. The van der Waals surface area contributed by atoms with Crippen LogP contribution in [0, 0.1) is 5.82 Å². The van der Waals surface area contributed by atoms with Crippen LogP contribution in [0.3, 0.4) is 0 Å². The highest BCUT2D eigenvalue weighted by Gasteiger charge is 2.11. The fourth-order valence-electron chi connectivity index (χ4n) is 3.02. The summed E-state index contributed by atoms with van der Waals surface area (Å²) in [5.74, 6) is 0.774. The molecule has 0 bridgehead atoms. The fourth-order valence-corrected chi connectivity index (χ4v) is 3.02. The maximum atomic E-state index is 14.7. The molecule has 154 valence electrons. The van der Waals surface area contributed by atoms with Crippen LogP contribution in [0.1, 0.15) is 19.0 Å². The number of aromatic nitrogens is 4. The zero-order valence-electron chi connectivity index (χ0n) is 16.4. The summed E-state index contributed by atoms with van der Waals surface area (Å²) in [6, 6.07) is 9.92. The number of nitrogens with two attached hydrogens (primary N) is 1. The molecule has 0 radical (unpaired) electrons. The van der Waals surface area contributed by atoms with Gasteiger partial charge >= 0.3 is 0 Å². The number of fused-ring (bicyclic) bond motifs is 1. The Morgan fingerprint density at radius 1 is 1.13 bits per heavy atom. The zero-order valence-corrected chi connectivity index (χ0v) is 16.4. The number of nitrogens with zero attached hydrogens (tertiary/aromatic N) is 3. The van der Waals surface area contributed by atoms with Crippen molar-refractivity contribution in [3.63, 3.8) is 0 Å². The van der Waals surface area contributed by atoms with Crippen molar-refractivity contribution in [3.8, 4) is 11.5 Å². The van der Waals surface area contributed by atoms with E-state index in [0.29, 0.717) is 29.4 Å². The first-order chi connectivity index (χ1) is 14.6. The van der Waals surface area contributed by atoms with Gasteiger partial charge in [0, 0.05) is 36.8 Å². The van der Waals surface area contributed by atoms with Gasteiger partial charge in [0.05, 0.1) is 11.1 Å². The number of rotatable bonds is 8. The van der Waals surface area contributed by atoms with E-state index in [0.717, 1.165) is 24.0 Å². The average Bonchev–Trinajstić information content (AvgIpc) is 3.20. The van der Waals surface area contributed by atoms with Gasteiger partial charge in [0.25, 0.3) is 0 Å². The lowest BCUT2D eigenvalue weighted by Crippen LogP contribution is -2.16. The van der Waals surface area contributed by atoms with Crippen molar-refractivity contribution in [2.45, 2.75) is 19.9 Å². The molecule has 0 fully saturated rings. The number of halogens is 1. The first-order valence-corrected chi connectivity index (χ1v) is 9.63. The van der Waals surface area contributed by atoms with Crippen molar-refractivity contribution in [2.75, 3.05) is 17.6 Å². The molecule has 0 spiro atoms. The maximum Gasteiger partial charge on any atom is 0.222 e. The molecule has 1 aromatic carbocycles. The minimum Gasteiger partial charge on any atom is -0.453 e. The molecule has 0 saturated carbocycles. The molecule has 0 aliphatic rings. The van der Waals surface area contributed by atoms with Crippen LogP contribution in [-0.4, -0.2) is 26.5 Å². The van der Waals surface area contributed by atoms with Crippen LogP contribution in [0.15, 0.2) is 48.8 Å². The summed E-state index contributed by atoms with van der Waals surface area (Å²) >= 11 is 0. The van der Waals surface area contributed by atoms with Crippen LogP contribution in [0.2, 0.25) is 0 Å². The lowest BCUT2D eigenvalue weighted by molar-refractivity contribution is 0.446. The Morgan fingerprint density at radius 3 is 2.87 bits per heavy atom. The van der Waals surface area contributed by atoms with E-state index >= 15 is 0 Å². The molecule has 3 heterocycles. The number of aromatic amines is 1. The van der Waals surface area contributed by atoms with Gasteiger partial charge in [-0.15, -0.1) is 0 Å². The second kappa shape index (κ2) is 8.75. The van der Waals surface area contributed by atoms with Crippen LogP contribution < -0.4 is 21.1 Å². The van der Waals surface area contributed by atoms with Gasteiger partial charge in [0.15, 0.2) is 11.6 Å². The molecule has 4 aromatic rings. The lowest BCUT2D eigenvalue weighted by Gasteiger charge is -2.11. The van der Waals surface area contributed by atoms with Crippen molar-refractivity contribution >= 4 is 28.5 Å². The number of anilines is 3. The van der Waals surface area contributed by atoms with E-state index in [9.17, 15) is 4.39 Å². The molecular weight excluding hydrogens is 385 g/mol. The van der Waals surface area contributed by atoms with Gasteiger partial charge in [-0.1, -0.05) is 6.92 Å². The van der Waals surface area contributed by atoms with Gasteiger partial charge in [-0.25, -0.2) is 14.4 Å². The van der Waals surface area contributed by atoms with Crippen molar-refractivity contribution < 1.29 is 9.13 Å². The third-order valence-corrected chi connectivity index (χ3v) is 4.37. The molecule has 0 saturated heterocycles. The minimum absolute atomic E-state index is 0.112. The van der Waals surface area contributed by atoms with Crippen LogP contribution in [0.25, 0.3) is 11.0 Å². The first-order valence-electron chi connectivity index (χ1n) is 9.63. The highest BCUT2D eigenvalue weighted by Crippen LogP contribution is 2.31. The second-order valence-electron chi connectivity index (χ2n) is 6.70. The molecule has 8 nitrogen and oxygen atoms in total. The van der Waals surface area contributed by atoms with E-state index < -0.39 is 5.82 Å². The predicted molar refractivity (Wildman–Crippen MR) is 114 cm³/mol. The smallest absolute Gasteiger partial charge is 0.222 e. The zero-order chi connectivity index (χ0) is 20.9. The predicted octanol–water partition coefficient (Wildman–Crippen LogP) is 4.11. The number of hydrogen-bond acceptors (Lipinski definition) is 7. The van der Waals surface area contributed by atoms with E-state index in [1.54, 1.807) is 36.7 Å². The normalized spacial score (nSPS) is 11.0. The highest BCUT2D eigenvalue weighted by molar-refractivity contribution is 5.82. The van der Waals surface area contributed by atoms with Gasteiger partial charge in [-0.05, 0) is 37.2 Å². The largest absolute Gasteiger partial charge is 0.453 e. The fraction of sp³-hybridized carbons (Fsp3) is 0.190. The number of benzene rings is 1. The number of pyridine rings is 1. The van der Waals surface area contributed by atoms with Crippen molar-refractivity contribution in [1.29, 1.82) is 0 Å². The lowest BCUT2D eigenvalue weighted by atomic mass is 10.2. The average molecular weight is 407 g/mol. The molecule has 0 unspecified atom stereocenters. The van der Waals surface area contributed by atoms with Gasteiger partial charge in [-0.2, -0.15) is 4.98 Å². The number of nitrogen functional groups attached to an aromatic ring is 1. The van der Waals surface area contributed by atoms with E-state index in [1.165, 1.54) is 6.07 Å². The summed E-state index contributed by atoms with van der Waals surface area (Å²) in [6.07, 6.45) is 4.39. The van der Waals surface area contributed by atoms with Crippen molar-refractivity contribution in [3.05, 3.63) is 60.3 Å². The van der Waals surface area contributed by atoms with Crippen LogP contribution in [0.4, 0.5) is 21.8 Å². The SMILES string of the molecule is CCCNCc1cc(Nc2ccc(Oc3ccnc4[nH]ccc34)c(F)c2)nc(N)n1. The Morgan fingerprint density at radius 2 is 2.03 bits per heavy atom. The van der Waals surface area contributed by atoms with Crippen LogP contribution >= 0.6 is 0 Å². The molecule has 5 N–H and O–H groups in total. The van der Waals surface area contributed by atoms with Crippen molar-refractivity contribution in [2.24, 2.45) is 0 Å². The van der Waals surface area contributed by atoms with Gasteiger partial charge in [0.1, 0.15) is 17.2 Å². The van der Waals surface area contributed by atoms with E-state index in [2.05, 4.69) is 37.5 Å². The second-order valence-corrected chi connectivity index (χ2v) is 6.70. The molecule has 3 aromatic heterocycles. The van der Waals surface area contributed by atoms with Gasteiger partial charge in [0.2, 0.25) is 5.95 Å². The minimum atomic E-state index is -0.507. The molecule has 0 aliphatic heterocycles. The van der Waals surface area contributed by atoms with Crippen LogP contribution in [-0.2, 0) is 6.54 Å². The molecule has 0 aliphatic carbocycles. The standard InChI is InChI=1S/C21H22FN7O/c1-2-7-24-12-14-11-19(29-21(23)28-14)27-13-3-4-18(16(22)10-13)30-17-6-9-26-20-15(17)5-8-25-20/h3-6,8-11,24H,2,7,12H2,1H3,(H,25,26)(H3,23,27,28,29). The summed E-state index contributed by atoms with van der Waals surface area (Å²) < 4.78 is 20.4. The molecule has 4 rings (SSSR count). The molecule has 30 heavy (non-hydrogen) atoms. The molecule has 0 amide bonds. The number of H-pyrrole nitrogens is 1. The molecular formula is C21H22FN7O.